The van der Waals surface area contributed by atoms with Crippen molar-refractivity contribution in [3.05, 3.63) is 83.7 Å². The number of rotatable bonds is 6. The molecule has 188 valence electrons. The summed E-state index contributed by atoms with van der Waals surface area (Å²) in [6.45, 7) is 5.03. The zero-order chi connectivity index (χ0) is 25.2. The number of piperazine rings is 1. The lowest BCUT2D eigenvalue weighted by Gasteiger charge is -2.32. The average molecular weight is 497 g/mol. The molecule has 1 saturated heterocycles. The molecule has 37 heavy (non-hydrogen) atoms. The van der Waals surface area contributed by atoms with Crippen LogP contribution in [-0.4, -0.2) is 64.2 Å². The number of aromatic nitrogens is 4. The van der Waals surface area contributed by atoms with Crippen molar-refractivity contribution >= 4 is 23.5 Å². The normalized spacial score (nSPS) is 15.5. The van der Waals surface area contributed by atoms with E-state index in [9.17, 15) is 4.79 Å². The van der Waals surface area contributed by atoms with Gasteiger partial charge in [-0.2, -0.15) is 10.1 Å². The highest BCUT2D eigenvalue weighted by Gasteiger charge is 2.28. The maximum absolute atomic E-state index is 13.1. The number of amides is 1. The molecule has 0 saturated carbocycles. The van der Waals surface area contributed by atoms with E-state index < -0.39 is 0 Å². The average Bonchev–Trinajstić information content (AvgIpc) is 3.52. The van der Waals surface area contributed by atoms with Gasteiger partial charge in [-0.05, 0) is 43.4 Å². The third-order valence-corrected chi connectivity index (χ3v) is 6.69. The molecule has 2 aromatic heterocycles. The third kappa shape index (κ3) is 4.96. The van der Waals surface area contributed by atoms with Crippen LogP contribution in [0.4, 0.5) is 17.6 Å². The summed E-state index contributed by atoms with van der Waals surface area (Å²) in [7, 11) is 2.13. The first-order valence-corrected chi connectivity index (χ1v) is 12.3. The van der Waals surface area contributed by atoms with Crippen molar-refractivity contribution in [1.82, 2.24) is 25.1 Å². The van der Waals surface area contributed by atoms with Gasteiger partial charge >= 0.3 is 0 Å². The van der Waals surface area contributed by atoms with Crippen molar-refractivity contribution in [2.45, 2.75) is 13.1 Å². The molecule has 4 heterocycles. The quantitative estimate of drug-likeness (QED) is 0.418. The summed E-state index contributed by atoms with van der Waals surface area (Å²) in [5, 5.41) is 10.4. The number of ether oxygens (including phenoxy) is 1. The third-order valence-electron chi connectivity index (χ3n) is 6.69. The molecular weight excluding hydrogens is 468 g/mol. The summed E-state index contributed by atoms with van der Waals surface area (Å²) in [4.78, 5) is 29.1. The highest BCUT2D eigenvalue weighted by atomic mass is 16.5. The fourth-order valence-corrected chi connectivity index (χ4v) is 4.58. The van der Waals surface area contributed by atoms with Crippen molar-refractivity contribution < 1.29 is 9.53 Å². The Morgan fingerprint density at radius 3 is 2.59 bits per heavy atom. The number of nitrogens with zero attached hydrogens (tertiary/aromatic N) is 6. The van der Waals surface area contributed by atoms with Crippen LogP contribution in [0.1, 0.15) is 21.6 Å². The molecule has 2 aliphatic rings. The molecule has 4 aromatic rings. The minimum absolute atomic E-state index is 0.234. The van der Waals surface area contributed by atoms with Crippen LogP contribution in [0.25, 0.3) is 0 Å². The van der Waals surface area contributed by atoms with Crippen molar-refractivity contribution in [3.8, 4) is 11.5 Å². The Morgan fingerprint density at radius 2 is 1.76 bits per heavy atom. The van der Waals surface area contributed by atoms with Gasteiger partial charge in [0.05, 0.1) is 18.8 Å². The number of carbonyl (C=O) groups is 1. The predicted molar refractivity (Wildman–Crippen MR) is 141 cm³/mol. The second-order valence-electron chi connectivity index (χ2n) is 9.28. The van der Waals surface area contributed by atoms with Gasteiger partial charge in [0.1, 0.15) is 23.1 Å². The Hall–Kier alpha value is -4.44. The van der Waals surface area contributed by atoms with Gasteiger partial charge in [-0.15, -0.1) is 0 Å². The molecule has 0 bridgehead atoms. The van der Waals surface area contributed by atoms with E-state index in [0.717, 1.165) is 49.2 Å². The van der Waals surface area contributed by atoms with E-state index in [2.05, 4.69) is 42.2 Å². The lowest BCUT2D eigenvalue weighted by atomic mass is 10.2. The summed E-state index contributed by atoms with van der Waals surface area (Å²) in [5.41, 5.74) is 2.36. The zero-order valence-electron chi connectivity index (χ0n) is 20.6. The molecule has 0 atom stereocenters. The summed E-state index contributed by atoms with van der Waals surface area (Å²) < 4.78 is 5.88. The van der Waals surface area contributed by atoms with Gasteiger partial charge in [-0.3, -0.25) is 9.89 Å². The molecule has 0 unspecified atom stereocenters. The minimum Gasteiger partial charge on any atom is -0.457 e. The van der Waals surface area contributed by atoms with Gasteiger partial charge in [-0.1, -0.05) is 24.3 Å². The van der Waals surface area contributed by atoms with Crippen LogP contribution >= 0.6 is 0 Å². The minimum atomic E-state index is -0.234. The Balaban J connectivity index is 1.13. The largest absolute Gasteiger partial charge is 0.457 e. The molecule has 2 N–H and O–H groups in total. The summed E-state index contributed by atoms with van der Waals surface area (Å²) >= 11 is 0. The van der Waals surface area contributed by atoms with Crippen molar-refractivity contribution in [2.75, 3.05) is 48.3 Å². The monoisotopic (exact) mass is 496 g/mol. The molecular formula is C27H28N8O2. The molecule has 0 radical (unpaired) electrons. The number of likely N-dealkylation sites (N-methyl/N-ethyl adjacent to an activating group) is 1. The van der Waals surface area contributed by atoms with Crippen LogP contribution in [0.2, 0.25) is 0 Å². The Kier molecular flexibility index (Phi) is 6.15. The van der Waals surface area contributed by atoms with E-state index >= 15 is 0 Å². The van der Waals surface area contributed by atoms with Crippen LogP contribution in [0.3, 0.4) is 0 Å². The van der Waals surface area contributed by atoms with Gasteiger partial charge in [0.2, 0.25) is 5.95 Å². The highest BCUT2D eigenvalue weighted by molar-refractivity contribution is 6.04. The number of hydrogen-bond donors (Lipinski definition) is 2. The number of para-hydroxylation sites is 1. The van der Waals surface area contributed by atoms with Gasteiger partial charge in [0.25, 0.3) is 5.91 Å². The van der Waals surface area contributed by atoms with Crippen LogP contribution in [0.15, 0.2) is 66.9 Å². The van der Waals surface area contributed by atoms with E-state index in [1.54, 1.807) is 18.2 Å². The summed E-state index contributed by atoms with van der Waals surface area (Å²) in [5.74, 6) is 3.28. The summed E-state index contributed by atoms with van der Waals surface area (Å²) in [6.07, 6.45) is 1.81. The Morgan fingerprint density at radius 1 is 0.946 bits per heavy atom. The molecule has 2 aromatic carbocycles. The van der Waals surface area contributed by atoms with Gasteiger partial charge in [-0.25, -0.2) is 4.98 Å². The van der Waals surface area contributed by atoms with Gasteiger partial charge in [0, 0.05) is 43.5 Å². The topological polar surface area (TPSA) is 103 Å². The lowest BCUT2D eigenvalue weighted by Crippen LogP contribution is -2.45. The van der Waals surface area contributed by atoms with E-state index in [1.165, 1.54) is 0 Å². The number of nitrogens with one attached hydrogen (secondary N) is 2. The molecule has 10 nitrogen and oxygen atoms in total. The second kappa shape index (κ2) is 9.90. The second-order valence-corrected chi connectivity index (χ2v) is 9.28. The van der Waals surface area contributed by atoms with Crippen LogP contribution in [0.5, 0.6) is 11.5 Å². The number of aromatic amines is 1. The zero-order valence-corrected chi connectivity index (χ0v) is 20.6. The number of H-pyrrole nitrogens is 1. The number of fused-ring (bicyclic) bond motifs is 1. The van der Waals surface area contributed by atoms with E-state index in [0.29, 0.717) is 36.0 Å². The molecule has 6 rings (SSSR count). The maximum atomic E-state index is 13.1. The van der Waals surface area contributed by atoms with Gasteiger partial charge < -0.3 is 24.8 Å². The van der Waals surface area contributed by atoms with Crippen molar-refractivity contribution in [3.63, 3.8) is 0 Å². The van der Waals surface area contributed by atoms with E-state index in [-0.39, 0.29) is 5.91 Å². The Labute approximate surface area is 214 Å². The molecule has 2 aliphatic heterocycles. The van der Waals surface area contributed by atoms with E-state index in [4.69, 9.17) is 9.72 Å². The smallest absolute Gasteiger partial charge is 0.256 e. The van der Waals surface area contributed by atoms with Crippen molar-refractivity contribution in [2.24, 2.45) is 0 Å². The van der Waals surface area contributed by atoms with Crippen molar-refractivity contribution in [1.29, 1.82) is 0 Å². The highest BCUT2D eigenvalue weighted by Crippen LogP contribution is 2.31. The SMILES string of the molecule is CN1CCN(c2nccc(N3Cc4n[nH]c(NC(=O)c5cccc(Oc6ccccc6)c5)c4C3)n2)CC1. The van der Waals surface area contributed by atoms with Crippen LogP contribution < -0.4 is 19.9 Å². The first-order chi connectivity index (χ1) is 18.1. The molecule has 1 amide bonds. The molecule has 0 aliphatic carbocycles. The first-order valence-electron chi connectivity index (χ1n) is 12.3. The molecule has 1 fully saturated rings. The number of benzene rings is 2. The maximum Gasteiger partial charge on any atom is 0.256 e. The number of carbonyl (C=O) groups excluding carboxylic acids is 1. The Bertz CT molecular complexity index is 1400. The van der Waals surface area contributed by atoms with Gasteiger partial charge in [0.15, 0.2) is 0 Å². The number of anilines is 3. The lowest BCUT2D eigenvalue weighted by molar-refractivity contribution is 0.102. The fourth-order valence-electron chi connectivity index (χ4n) is 4.58. The summed E-state index contributed by atoms with van der Waals surface area (Å²) in [6, 6.07) is 18.5. The molecule has 10 heteroatoms. The van der Waals surface area contributed by atoms with E-state index in [1.807, 2.05) is 48.7 Å². The van der Waals surface area contributed by atoms with Crippen LogP contribution in [0, 0.1) is 0 Å². The first kappa shape index (κ1) is 23.0. The number of hydrogen-bond acceptors (Lipinski definition) is 8. The standard InChI is InChI=1S/C27H28N8O2/c1-33-12-14-34(15-13-33)27-28-11-10-24(29-27)35-17-22-23(18-35)31-32-25(22)30-26(36)19-6-5-9-21(16-19)37-20-7-3-2-4-8-20/h2-11,16H,12-15,17-18H2,1H3,(H2,30,31,32,36). The molecule has 0 spiro atoms. The predicted octanol–water partition coefficient (Wildman–Crippen LogP) is 3.52. The fraction of sp³-hybridized carbons (Fsp3) is 0.259. The van der Waals surface area contributed by atoms with Crippen LogP contribution in [-0.2, 0) is 13.1 Å².